The Kier molecular flexibility index (Phi) is 48.4. The van der Waals surface area contributed by atoms with E-state index in [1.54, 1.807) is 0 Å². The third-order valence-electron chi connectivity index (χ3n) is 11.3. The Morgan fingerprint density at radius 2 is 0.629 bits per heavy atom. The van der Waals surface area contributed by atoms with E-state index in [1.165, 1.54) is 116 Å². The van der Waals surface area contributed by atoms with Gasteiger partial charge < -0.3 is 14.2 Å². The average molecular weight is 867 g/mol. The molecule has 0 amide bonds. The van der Waals surface area contributed by atoms with Crippen molar-refractivity contribution in [2.45, 2.75) is 264 Å². The van der Waals surface area contributed by atoms with Gasteiger partial charge in [-0.25, -0.2) is 0 Å². The topological polar surface area (TPSA) is 78.9 Å². The summed E-state index contributed by atoms with van der Waals surface area (Å²) in [5.41, 5.74) is 0. The predicted molar refractivity (Wildman–Crippen MR) is 265 cm³/mol. The Balaban J connectivity index is 4.16. The van der Waals surface area contributed by atoms with Crippen LogP contribution in [0.4, 0.5) is 0 Å². The van der Waals surface area contributed by atoms with Crippen LogP contribution in [0.1, 0.15) is 258 Å². The van der Waals surface area contributed by atoms with Crippen LogP contribution in [0.3, 0.4) is 0 Å². The SMILES string of the molecule is CC/C=C\C/C=C\C/C=C\CCCCCCCC(=O)OC(COC(=O)CCCCCCCC)COC(=O)CCCCCCCCCCCCC/C=C\C/C=C\CCCCCCC. The van der Waals surface area contributed by atoms with E-state index in [9.17, 15) is 14.4 Å². The molecule has 1 atom stereocenters. The molecule has 0 bridgehead atoms. The summed E-state index contributed by atoms with van der Waals surface area (Å²) in [6.07, 6.45) is 62.4. The van der Waals surface area contributed by atoms with Gasteiger partial charge in [-0.2, -0.15) is 0 Å². The normalized spacial score (nSPS) is 12.5. The van der Waals surface area contributed by atoms with Crippen molar-refractivity contribution in [3.05, 3.63) is 60.8 Å². The first-order valence-electron chi connectivity index (χ1n) is 26.3. The van der Waals surface area contributed by atoms with Gasteiger partial charge in [0.1, 0.15) is 13.2 Å². The maximum Gasteiger partial charge on any atom is 0.306 e. The Hall–Kier alpha value is -2.89. The number of carbonyl (C=O) groups is 3. The lowest BCUT2D eigenvalue weighted by molar-refractivity contribution is -0.167. The zero-order chi connectivity index (χ0) is 45.1. The smallest absolute Gasteiger partial charge is 0.306 e. The second-order valence-corrected chi connectivity index (χ2v) is 17.4. The lowest BCUT2D eigenvalue weighted by Crippen LogP contribution is -2.30. The van der Waals surface area contributed by atoms with Crippen molar-refractivity contribution in [1.82, 2.24) is 0 Å². The minimum atomic E-state index is -0.779. The van der Waals surface area contributed by atoms with Crippen LogP contribution in [0, 0.1) is 0 Å². The van der Waals surface area contributed by atoms with Crippen molar-refractivity contribution in [3.8, 4) is 0 Å². The molecule has 6 nitrogen and oxygen atoms in total. The van der Waals surface area contributed by atoms with Gasteiger partial charge in [-0.05, 0) is 83.5 Å². The third kappa shape index (κ3) is 48.1. The molecule has 0 fully saturated rings. The first-order chi connectivity index (χ1) is 30.5. The monoisotopic (exact) mass is 867 g/mol. The second-order valence-electron chi connectivity index (χ2n) is 17.4. The lowest BCUT2D eigenvalue weighted by atomic mass is 10.0. The van der Waals surface area contributed by atoms with Crippen LogP contribution >= 0.6 is 0 Å². The zero-order valence-electron chi connectivity index (χ0n) is 40.9. The molecule has 0 rings (SSSR count). The summed E-state index contributed by atoms with van der Waals surface area (Å²) in [4.78, 5) is 37.7. The third-order valence-corrected chi connectivity index (χ3v) is 11.3. The number of rotatable bonds is 47. The quantitative estimate of drug-likeness (QED) is 0.0262. The van der Waals surface area contributed by atoms with E-state index in [1.807, 2.05) is 0 Å². The second kappa shape index (κ2) is 50.8. The molecule has 6 heteroatoms. The molecule has 0 aromatic heterocycles. The van der Waals surface area contributed by atoms with E-state index in [4.69, 9.17) is 14.2 Å². The van der Waals surface area contributed by atoms with Gasteiger partial charge in [-0.15, -0.1) is 0 Å². The van der Waals surface area contributed by atoms with E-state index < -0.39 is 6.10 Å². The highest BCUT2D eigenvalue weighted by Gasteiger charge is 2.19. The Bertz CT molecular complexity index is 1130. The fourth-order valence-electron chi connectivity index (χ4n) is 7.31. The summed E-state index contributed by atoms with van der Waals surface area (Å²) in [6, 6.07) is 0. The standard InChI is InChI=1S/C56H98O6/c1-4-7-10-13-16-18-20-22-24-25-26-27-28-29-30-31-33-34-36-38-40-43-46-49-55(58)61-52-53(51-60-54(57)48-45-42-15-12-9-6-3)62-56(59)50-47-44-41-39-37-35-32-23-21-19-17-14-11-8-5-2/h8,11,17,19-20,22-23,25-26,32,53H,4-7,9-10,12-16,18,21,24,27-31,33-52H2,1-3H3/b11-8-,19-17-,22-20-,26-25-,32-23-. The van der Waals surface area contributed by atoms with Crippen molar-refractivity contribution in [2.75, 3.05) is 13.2 Å². The zero-order valence-corrected chi connectivity index (χ0v) is 40.9. The van der Waals surface area contributed by atoms with Gasteiger partial charge in [0.15, 0.2) is 6.10 Å². The summed E-state index contributed by atoms with van der Waals surface area (Å²) >= 11 is 0. The molecule has 1 unspecified atom stereocenters. The number of hydrogen-bond donors (Lipinski definition) is 0. The average Bonchev–Trinajstić information content (AvgIpc) is 3.27. The largest absolute Gasteiger partial charge is 0.462 e. The highest BCUT2D eigenvalue weighted by Crippen LogP contribution is 2.15. The number of hydrogen-bond acceptors (Lipinski definition) is 6. The van der Waals surface area contributed by atoms with Gasteiger partial charge in [-0.3, -0.25) is 14.4 Å². The van der Waals surface area contributed by atoms with Gasteiger partial charge in [0.2, 0.25) is 0 Å². The lowest BCUT2D eigenvalue weighted by Gasteiger charge is -2.18. The molecule has 0 aliphatic carbocycles. The summed E-state index contributed by atoms with van der Waals surface area (Å²) in [7, 11) is 0. The van der Waals surface area contributed by atoms with Gasteiger partial charge in [-0.1, -0.05) is 216 Å². The molecule has 0 spiro atoms. The van der Waals surface area contributed by atoms with Crippen LogP contribution in [0.15, 0.2) is 60.8 Å². The van der Waals surface area contributed by atoms with Crippen LogP contribution in [-0.2, 0) is 28.6 Å². The number of ether oxygens (including phenoxy) is 3. The summed E-state index contributed by atoms with van der Waals surface area (Å²) in [6.45, 7) is 6.45. The van der Waals surface area contributed by atoms with Crippen molar-refractivity contribution in [1.29, 1.82) is 0 Å². The molecule has 0 aromatic rings. The molecule has 358 valence electrons. The highest BCUT2D eigenvalue weighted by atomic mass is 16.6. The number of carbonyl (C=O) groups excluding carboxylic acids is 3. The Morgan fingerprint density at radius 1 is 0.339 bits per heavy atom. The molecule has 62 heavy (non-hydrogen) atoms. The molecule has 0 aromatic carbocycles. The minimum Gasteiger partial charge on any atom is -0.462 e. The first-order valence-corrected chi connectivity index (χ1v) is 26.3. The van der Waals surface area contributed by atoms with Crippen LogP contribution in [0.2, 0.25) is 0 Å². The van der Waals surface area contributed by atoms with E-state index in [-0.39, 0.29) is 31.1 Å². The molecule has 0 saturated carbocycles. The number of esters is 3. The molecule has 0 saturated heterocycles. The predicted octanol–water partition coefficient (Wildman–Crippen LogP) is 17.3. The first kappa shape index (κ1) is 59.1. The summed E-state index contributed by atoms with van der Waals surface area (Å²) in [5.74, 6) is -0.907. The molecule has 0 radical (unpaired) electrons. The Morgan fingerprint density at radius 3 is 0.984 bits per heavy atom. The van der Waals surface area contributed by atoms with Crippen molar-refractivity contribution in [3.63, 3.8) is 0 Å². The van der Waals surface area contributed by atoms with Gasteiger partial charge in [0.25, 0.3) is 0 Å². The Labute approximate surface area is 383 Å². The van der Waals surface area contributed by atoms with Crippen LogP contribution in [0.5, 0.6) is 0 Å². The van der Waals surface area contributed by atoms with Crippen molar-refractivity contribution < 1.29 is 28.6 Å². The van der Waals surface area contributed by atoms with Crippen LogP contribution in [-0.4, -0.2) is 37.2 Å². The van der Waals surface area contributed by atoms with Crippen molar-refractivity contribution >= 4 is 17.9 Å². The fourth-order valence-corrected chi connectivity index (χ4v) is 7.31. The maximum atomic E-state index is 12.7. The van der Waals surface area contributed by atoms with E-state index in [2.05, 4.69) is 81.5 Å². The van der Waals surface area contributed by atoms with Gasteiger partial charge >= 0.3 is 17.9 Å². The fraction of sp³-hybridized carbons (Fsp3) is 0.768. The van der Waals surface area contributed by atoms with Crippen LogP contribution in [0.25, 0.3) is 0 Å². The highest BCUT2D eigenvalue weighted by molar-refractivity contribution is 5.71. The maximum absolute atomic E-state index is 12.7. The van der Waals surface area contributed by atoms with Gasteiger partial charge in [0, 0.05) is 19.3 Å². The van der Waals surface area contributed by atoms with E-state index in [0.29, 0.717) is 19.3 Å². The van der Waals surface area contributed by atoms with E-state index in [0.717, 1.165) is 103 Å². The summed E-state index contributed by atoms with van der Waals surface area (Å²) < 4.78 is 16.7. The molecule has 0 N–H and O–H groups in total. The van der Waals surface area contributed by atoms with Crippen molar-refractivity contribution in [2.24, 2.45) is 0 Å². The molecule has 0 aliphatic rings. The number of unbranched alkanes of at least 4 members (excludes halogenated alkanes) is 26. The minimum absolute atomic E-state index is 0.0816. The summed E-state index contributed by atoms with van der Waals surface area (Å²) in [5, 5.41) is 0. The number of allylic oxidation sites excluding steroid dienone is 10. The van der Waals surface area contributed by atoms with Crippen LogP contribution < -0.4 is 0 Å². The van der Waals surface area contributed by atoms with E-state index >= 15 is 0 Å². The molecule has 0 aliphatic heterocycles. The molecular weight excluding hydrogens is 769 g/mol. The molecular formula is C56H98O6. The molecule has 0 heterocycles. The van der Waals surface area contributed by atoms with Gasteiger partial charge in [0.05, 0.1) is 0 Å².